The maximum atomic E-state index is 9.40. The van der Waals surface area contributed by atoms with Crippen LogP contribution in [0.5, 0.6) is 0 Å². The first-order valence-corrected chi connectivity index (χ1v) is 7.41. The molecule has 0 aliphatic heterocycles. The molecule has 0 amide bonds. The van der Waals surface area contributed by atoms with Gasteiger partial charge in [-0.1, -0.05) is 20.8 Å². The summed E-state index contributed by atoms with van der Waals surface area (Å²) in [7, 11) is 0. The van der Waals surface area contributed by atoms with Gasteiger partial charge in [0.1, 0.15) is 5.54 Å². The number of hydrogen-bond donors (Lipinski definition) is 1. The Bertz CT molecular complexity index is 278. The Morgan fingerprint density at radius 2 is 2.11 bits per heavy atom. The van der Waals surface area contributed by atoms with Crippen LogP contribution in [0.1, 0.15) is 53.4 Å². The topological polar surface area (TPSA) is 39.1 Å². The molecule has 1 rings (SSSR count). The third-order valence-electron chi connectivity index (χ3n) is 3.59. The molecule has 1 aliphatic rings. The van der Waals surface area contributed by atoms with Crippen LogP contribution in [-0.2, 0) is 0 Å². The lowest BCUT2D eigenvalue weighted by atomic mass is 10.0. The summed E-state index contributed by atoms with van der Waals surface area (Å²) >= 11 is 0. The molecule has 1 atom stereocenters. The number of nitrogens with zero attached hydrogens (tertiary/aromatic N) is 2. The van der Waals surface area contributed by atoms with Gasteiger partial charge in [0, 0.05) is 12.6 Å². The minimum atomic E-state index is -0.393. The minimum absolute atomic E-state index is 0.393. The molecule has 0 aromatic heterocycles. The van der Waals surface area contributed by atoms with Crippen LogP contribution in [0.3, 0.4) is 0 Å². The van der Waals surface area contributed by atoms with E-state index in [1.54, 1.807) is 0 Å². The summed E-state index contributed by atoms with van der Waals surface area (Å²) in [4.78, 5) is 2.52. The van der Waals surface area contributed by atoms with Gasteiger partial charge < -0.3 is 0 Å². The highest BCUT2D eigenvalue weighted by atomic mass is 15.2. The van der Waals surface area contributed by atoms with E-state index >= 15 is 0 Å². The zero-order valence-corrected chi connectivity index (χ0v) is 12.5. The van der Waals surface area contributed by atoms with Gasteiger partial charge in [0.2, 0.25) is 0 Å². The monoisotopic (exact) mass is 251 g/mol. The molecule has 1 saturated carbocycles. The fourth-order valence-electron chi connectivity index (χ4n) is 2.19. The lowest BCUT2D eigenvalue weighted by Gasteiger charge is -2.32. The van der Waals surface area contributed by atoms with Crippen molar-refractivity contribution in [2.24, 2.45) is 5.92 Å². The van der Waals surface area contributed by atoms with Gasteiger partial charge in [-0.3, -0.25) is 10.2 Å². The third-order valence-corrected chi connectivity index (χ3v) is 3.59. The molecule has 1 N–H and O–H groups in total. The zero-order valence-electron chi connectivity index (χ0n) is 12.5. The predicted octanol–water partition coefficient (Wildman–Crippen LogP) is 2.78. The van der Waals surface area contributed by atoms with Crippen LogP contribution in [-0.4, -0.2) is 36.1 Å². The molecule has 0 radical (unpaired) electrons. The second-order valence-electron chi connectivity index (χ2n) is 6.25. The van der Waals surface area contributed by atoms with E-state index < -0.39 is 5.54 Å². The Morgan fingerprint density at radius 3 is 2.56 bits per heavy atom. The SMILES string of the molecule is CCCNC(C)(C#N)CN(CCC(C)C)C1CC1. The summed E-state index contributed by atoms with van der Waals surface area (Å²) in [6.45, 7) is 11.6. The standard InChI is InChI=1S/C15H29N3/c1-5-9-17-15(4,11-16)12-18(14-6-7-14)10-8-13(2)3/h13-14,17H,5-10,12H2,1-4H3. The summed E-state index contributed by atoms with van der Waals surface area (Å²) in [6.07, 6.45) is 4.93. The molecule has 0 bridgehead atoms. The molecule has 0 saturated heterocycles. The van der Waals surface area contributed by atoms with Gasteiger partial charge in [0.25, 0.3) is 0 Å². The molecular weight excluding hydrogens is 222 g/mol. The maximum Gasteiger partial charge on any atom is 0.116 e. The first kappa shape index (κ1) is 15.5. The van der Waals surface area contributed by atoms with E-state index in [2.05, 4.69) is 37.1 Å². The summed E-state index contributed by atoms with van der Waals surface area (Å²) in [5.41, 5.74) is -0.393. The Labute approximate surface area is 113 Å². The van der Waals surface area contributed by atoms with Crippen molar-refractivity contribution in [3.8, 4) is 6.07 Å². The molecule has 1 fully saturated rings. The summed E-state index contributed by atoms with van der Waals surface area (Å²) < 4.78 is 0. The van der Waals surface area contributed by atoms with Crippen molar-refractivity contribution in [1.82, 2.24) is 10.2 Å². The predicted molar refractivity (Wildman–Crippen MR) is 76.4 cm³/mol. The van der Waals surface area contributed by atoms with E-state index in [1.807, 2.05) is 6.92 Å². The van der Waals surface area contributed by atoms with Crippen LogP contribution >= 0.6 is 0 Å². The van der Waals surface area contributed by atoms with Crippen molar-refractivity contribution in [1.29, 1.82) is 5.26 Å². The van der Waals surface area contributed by atoms with E-state index in [1.165, 1.54) is 19.3 Å². The van der Waals surface area contributed by atoms with Gasteiger partial charge in [-0.25, -0.2) is 0 Å². The Balaban J connectivity index is 2.49. The largest absolute Gasteiger partial charge is 0.299 e. The lowest BCUT2D eigenvalue weighted by molar-refractivity contribution is 0.201. The normalized spacial score (nSPS) is 18.9. The van der Waals surface area contributed by atoms with Crippen LogP contribution in [0.15, 0.2) is 0 Å². The molecule has 0 spiro atoms. The van der Waals surface area contributed by atoms with E-state index in [0.29, 0.717) is 0 Å². The third kappa shape index (κ3) is 5.37. The van der Waals surface area contributed by atoms with Gasteiger partial charge in [-0.15, -0.1) is 0 Å². The molecule has 0 aromatic carbocycles. The fourth-order valence-corrected chi connectivity index (χ4v) is 2.19. The maximum absolute atomic E-state index is 9.40. The van der Waals surface area contributed by atoms with Gasteiger partial charge in [0.05, 0.1) is 6.07 Å². The van der Waals surface area contributed by atoms with Gasteiger partial charge in [-0.2, -0.15) is 5.26 Å². The Hall–Kier alpha value is -0.590. The molecule has 18 heavy (non-hydrogen) atoms. The zero-order chi connectivity index (χ0) is 13.6. The van der Waals surface area contributed by atoms with Crippen molar-refractivity contribution in [2.45, 2.75) is 65.0 Å². The summed E-state index contributed by atoms with van der Waals surface area (Å²) in [6, 6.07) is 3.20. The van der Waals surface area contributed by atoms with E-state index in [4.69, 9.17) is 0 Å². The van der Waals surface area contributed by atoms with Crippen LogP contribution in [0, 0.1) is 17.2 Å². The number of hydrogen-bond acceptors (Lipinski definition) is 3. The minimum Gasteiger partial charge on any atom is -0.299 e. The van der Waals surface area contributed by atoms with Crippen LogP contribution < -0.4 is 5.32 Å². The molecule has 3 nitrogen and oxygen atoms in total. The van der Waals surface area contributed by atoms with Crippen molar-refractivity contribution in [2.75, 3.05) is 19.6 Å². The summed E-state index contributed by atoms with van der Waals surface area (Å²) in [5.74, 6) is 0.739. The van der Waals surface area contributed by atoms with Crippen molar-refractivity contribution >= 4 is 0 Å². The first-order valence-electron chi connectivity index (χ1n) is 7.41. The molecule has 0 heterocycles. The number of nitrogens with one attached hydrogen (secondary N) is 1. The fraction of sp³-hybridized carbons (Fsp3) is 0.933. The second-order valence-corrected chi connectivity index (χ2v) is 6.25. The molecular formula is C15H29N3. The molecule has 1 aliphatic carbocycles. The number of rotatable bonds is 9. The van der Waals surface area contributed by atoms with Gasteiger partial charge >= 0.3 is 0 Å². The number of nitriles is 1. The van der Waals surface area contributed by atoms with Gasteiger partial charge in [0.15, 0.2) is 0 Å². The second kappa shape index (κ2) is 7.11. The van der Waals surface area contributed by atoms with Crippen molar-refractivity contribution in [3.05, 3.63) is 0 Å². The highest BCUT2D eigenvalue weighted by Crippen LogP contribution is 2.28. The summed E-state index contributed by atoms with van der Waals surface area (Å²) in [5, 5.41) is 12.8. The molecule has 1 unspecified atom stereocenters. The van der Waals surface area contributed by atoms with E-state index in [9.17, 15) is 5.26 Å². The van der Waals surface area contributed by atoms with Crippen molar-refractivity contribution < 1.29 is 0 Å². The van der Waals surface area contributed by atoms with Gasteiger partial charge in [-0.05, 0) is 51.6 Å². The molecule has 104 valence electrons. The quantitative estimate of drug-likeness (QED) is 0.685. The molecule has 0 aromatic rings. The lowest BCUT2D eigenvalue weighted by Crippen LogP contribution is -2.51. The molecule has 3 heteroatoms. The highest BCUT2D eigenvalue weighted by Gasteiger charge is 2.34. The smallest absolute Gasteiger partial charge is 0.116 e. The van der Waals surface area contributed by atoms with E-state index in [-0.39, 0.29) is 0 Å². The van der Waals surface area contributed by atoms with E-state index in [0.717, 1.165) is 38.0 Å². The van der Waals surface area contributed by atoms with Crippen LogP contribution in [0.4, 0.5) is 0 Å². The highest BCUT2D eigenvalue weighted by molar-refractivity contribution is 5.07. The van der Waals surface area contributed by atoms with Crippen LogP contribution in [0.2, 0.25) is 0 Å². The average molecular weight is 251 g/mol. The Morgan fingerprint density at radius 1 is 1.44 bits per heavy atom. The average Bonchev–Trinajstić information content (AvgIpc) is 3.16. The first-order chi connectivity index (χ1) is 8.50. The van der Waals surface area contributed by atoms with Crippen molar-refractivity contribution in [3.63, 3.8) is 0 Å². The van der Waals surface area contributed by atoms with Crippen LogP contribution in [0.25, 0.3) is 0 Å². The Kier molecular flexibility index (Phi) is 6.11.